The summed E-state index contributed by atoms with van der Waals surface area (Å²) in [5.41, 5.74) is 1.10. The van der Waals surface area contributed by atoms with Gasteiger partial charge in [0, 0.05) is 63.1 Å². The molecule has 2 aliphatic rings. The van der Waals surface area contributed by atoms with Crippen molar-refractivity contribution in [2.24, 2.45) is 0 Å². The standard InChI is InChI=1S/C19H24ClN3O3/c1-14(15-4-2-3-5-16(15)20)21-10-12-22(13-11-21)17(24)8-9-23-18(25)6-7-19(23)26/h2-5,14H,6-13H2,1H3. The molecule has 140 valence electrons. The van der Waals surface area contributed by atoms with E-state index in [4.69, 9.17) is 11.6 Å². The maximum atomic E-state index is 12.4. The monoisotopic (exact) mass is 377 g/mol. The molecule has 0 spiro atoms. The smallest absolute Gasteiger partial charge is 0.229 e. The minimum Gasteiger partial charge on any atom is -0.340 e. The minimum atomic E-state index is -0.166. The summed E-state index contributed by atoms with van der Waals surface area (Å²) in [4.78, 5) is 41.0. The third-order valence-electron chi connectivity index (χ3n) is 5.27. The normalized spacial score (nSPS) is 19.9. The van der Waals surface area contributed by atoms with Gasteiger partial charge in [-0.15, -0.1) is 0 Å². The number of likely N-dealkylation sites (tertiary alicyclic amines) is 1. The van der Waals surface area contributed by atoms with Crippen LogP contribution in [-0.2, 0) is 14.4 Å². The summed E-state index contributed by atoms with van der Waals surface area (Å²) < 4.78 is 0. The van der Waals surface area contributed by atoms with Crippen molar-refractivity contribution in [1.82, 2.24) is 14.7 Å². The van der Waals surface area contributed by atoms with Gasteiger partial charge in [0.05, 0.1) is 0 Å². The number of amides is 3. The van der Waals surface area contributed by atoms with E-state index in [1.165, 1.54) is 4.90 Å². The maximum absolute atomic E-state index is 12.4. The van der Waals surface area contributed by atoms with E-state index in [0.717, 1.165) is 23.7 Å². The molecule has 7 heteroatoms. The largest absolute Gasteiger partial charge is 0.340 e. The van der Waals surface area contributed by atoms with Crippen LogP contribution in [0.15, 0.2) is 24.3 Å². The molecule has 3 rings (SSSR count). The Balaban J connectivity index is 1.49. The fourth-order valence-electron chi connectivity index (χ4n) is 3.61. The molecule has 0 bridgehead atoms. The van der Waals surface area contributed by atoms with Crippen LogP contribution in [0.2, 0.25) is 5.02 Å². The Hall–Kier alpha value is -1.92. The van der Waals surface area contributed by atoms with Crippen molar-refractivity contribution in [2.75, 3.05) is 32.7 Å². The number of hydrogen-bond acceptors (Lipinski definition) is 4. The maximum Gasteiger partial charge on any atom is 0.229 e. The van der Waals surface area contributed by atoms with Gasteiger partial charge in [0.1, 0.15) is 0 Å². The Morgan fingerprint density at radius 1 is 1.08 bits per heavy atom. The molecule has 1 unspecified atom stereocenters. The Labute approximate surface area is 158 Å². The van der Waals surface area contributed by atoms with E-state index in [1.807, 2.05) is 29.2 Å². The van der Waals surface area contributed by atoms with E-state index >= 15 is 0 Å². The molecule has 2 heterocycles. The van der Waals surface area contributed by atoms with E-state index in [1.54, 1.807) is 0 Å². The number of benzene rings is 1. The second-order valence-corrected chi connectivity index (χ2v) is 7.21. The highest BCUT2D eigenvalue weighted by Crippen LogP contribution is 2.27. The Morgan fingerprint density at radius 2 is 1.69 bits per heavy atom. The van der Waals surface area contributed by atoms with Crippen molar-refractivity contribution in [3.8, 4) is 0 Å². The summed E-state index contributed by atoms with van der Waals surface area (Å²) in [5.74, 6) is -0.329. The summed E-state index contributed by atoms with van der Waals surface area (Å²) in [7, 11) is 0. The van der Waals surface area contributed by atoms with Crippen LogP contribution < -0.4 is 0 Å². The van der Waals surface area contributed by atoms with Crippen molar-refractivity contribution < 1.29 is 14.4 Å². The Morgan fingerprint density at radius 3 is 2.31 bits per heavy atom. The first kappa shape index (κ1) is 18.9. The number of imide groups is 1. The van der Waals surface area contributed by atoms with Gasteiger partial charge in [-0.2, -0.15) is 0 Å². The van der Waals surface area contributed by atoms with Gasteiger partial charge < -0.3 is 4.90 Å². The van der Waals surface area contributed by atoms with Crippen LogP contribution in [0.25, 0.3) is 0 Å². The van der Waals surface area contributed by atoms with Crippen molar-refractivity contribution in [3.63, 3.8) is 0 Å². The summed E-state index contributed by atoms with van der Waals surface area (Å²) >= 11 is 6.29. The molecule has 2 fully saturated rings. The highest BCUT2D eigenvalue weighted by atomic mass is 35.5. The van der Waals surface area contributed by atoms with Gasteiger partial charge in [0.15, 0.2) is 0 Å². The molecule has 1 aromatic carbocycles. The molecule has 0 aliphatic carbocycles. The first-order chi connectivity index (χ1) is 12.5. The molecule has 0 aromatic heterocycles. The Kier molecular flexibility index (Phi) is 5.94. The summed E-state index contributed by atoms with van der Waals surface area (Å²) in [6, 6.07) is 8.03. The molecule has 1 atom stereocenters. The molecule has 0 saturated carbocycles. The minimum absolute atomic E-state index is 0.00236. The number of carbonyl (C=O) groups is 3. The Bertz CT molecular complexity index is 685. The van der Waals surface area contributed by atoms with Gasteiger partial charge in [0.25, 0.3) is 0 Å². The van der Waals surface area contributed by atoms with Gasteiger partial charge in [0.2, 0.25) is 17.7 Å². The van der Waals surface area contributed by atoms with Gasteiger partial charge >= 0.3 is 0 Å². The van der Waals surface area contributed by atoms with Crippen molar-refractivity contribution >= 4 is 29.3 Å². The lowest BCUT2D eigenvalue weighted by Crippen LogP contribution is -2.49. The molecule has 2 aliphatic heterocycles. The third-order valence-corrected chi connectivity index (χ3v) is 5.62. The van der Waals surface area contributed by atoms with Gasteiger partial charge in [-0.1, -0.05) is 29.8 Å². The number of hydrogen-bond donors (Lipinski definition) is 0. The number of piperazine rings is 1. The van der Waals surface area contributed by atoms with Crippen molar-refractivity contribution in [1.29, 1.82) is 0 Å². The zero-order valence-electron chi connectivity index (χ0n) is 15.0. The van der Waals surface area contributed by atoms with Gasteiger partial charge in [-0.3, -0.25) is 24.2 Å². The topological polar surface area (TPSA) is 60.9 Å². The molecule has 26 heavy (non-hydrogen) atoms. The summed E-state index contributed by atoms with van der Waals surface area (Å²) in [5, 5.41) is 0.762. The number of nitrogens with zero attached hydrogens (tertiary/aromatic N) is 3. The molecule has 3 amide bonds. The van der Waals surface area contributed by atoms with E-state index in [0.29, 0.717) is 13.1 Å². The molecule has 0 radical (unpaired) electrons. The quantitative estimate of drug-likeness (QED) is 0.737. The van der Waals surface area contributed by atoms with Crippen LogP contribution >= 0.6 is 11.6 Å². The fourth-order valence-corrected chi connectivity index (χ4v) is 3.90. The van der Waals surface area contributed by atoms with Crippen LogP contribution in [0, 0.1) is 0 Å². The average Bonchev–Trinajstić information content (AvgIpc) is 2.97. The summed E-state index contributed by atoms with van der Waals surface area (Å²) in [6.07, 6.45) is 0.745. The van der Waals surface area contributed by atoms with Gasteiger partial charge in [-0.05, 0) is 18.6 Å². The second kappa shape index (κ2) is 8.18. The fraction of sp³-hybridized carbons (Fsp3) is 0.526. The number of halogens is 1. The summed E-state index contributed by atoms with van der Waals surface area (Å²) in [6.45, 7) is 5.18. The van der Waals surface area contributed by atoms with Crippen LogP contribution in [0.4, 0.5) is 0 Å². The predicted molar refractivity (Wildman–Crippen MR) is 98.6 cm³/mol. The SMILES string of the molecule is CC(c1ccccc1Cl)N1CCN(C(=O)CCN2C(=O)CCC2=O)CC1. The highest BCUT2D eigenvalue weighted by molar-refractivity contribution is 6.31. The first-order valence-corrected chi connectivity index (χ1v) is 9.44. The number of rotatable bonds is 5. The molecule has 0 N–H and O–H groups in total. The lowest BCUT2D eigenvalue weighted by molar-refractivity contribution is -0.139. The molecular weight excluding hydrogens is 354 g/mol. The lowest BCUT2D eigenvalue weighted by atomic mass is 10.1. The van der Waals surface area contributed by atoms with Gasteiger partial charge in [-0.25, -0.2) is 0 Å². The van der Waals surface area contributed by atoms with E-state index in [2.05, 4.69) is 11.8 Å². The zero-order valence-corrected chi connectivity index (χ0v) is 15.7. The second-order valence-electron chi connectivity index (χ2n) is 6.80. The predicted octanol–water partition coefficient (Wildman–Crippen LogP) is 2.08. The average molecular weight is 378 g/mol. The third kappa shape index (κ3) is 4.07. The van der Waals surface area contributed by atoms with Crippen molar-refractivity contribution in [3.05, 3.63) is 34.9 Å². The lowest BCUT2D eigenvalue weighted by Gasteiger charge is -2.38. The molecule has 6 nitrogen and oxygen atoms in total. The van der Waals surface area contributed by atoms with Crippen LogP contribution in [-0.4, -0.2) is 65.1 Å². The van der Waals surface area contributed by atoms with E-state index < -0.39 is 0 Å². The highest BCUT2D eigenvalue weighted by Gasteiger charge is 2.30. The molecule has 1 aromatic rings. The molecular formula is C19H24ClN3O3. The van der Waals surface area contributed by atoms with Crippen LogP contribution in [0.3, 0.4) is 0 Å². The molecule has 2 saturated heterocycles. The zero-order chi connectivity index (χ0) is 18.7. The first-order valence-electron chi connectivity index (χ1n) is 9.07. The number of carbonyl (C=O) groups excluding carboxylic acids is 3. The van der Waals surface area contributed by atoms with E-state index in [-0.39, 0.29) is 49.6 Å². The van der Waals surface area contributed by atoms with E-state index in [9.17, 15) is 14.4 Å². The van der Waals surface area contributed by atoms with Crippen molar-refractivity contribution in [2.45, 2.75) is 32.2 Å². The van der Waals surface area contributed by atoms with Crippen LogP contribution in [0.1, 0.15) is 37.8 Å². The van der Waals surface area contributed by atoms with Crippen LogP contribution in [0.5, 0.6) is 0 Å².